The van der Waals surface area contributed by atoms with Crippen LogP contribution in [0.2, 0.25) is 10.0 Å². The van der Waals surface area contributed by atoms with Crippen molar-refractivity contribution in [1.29, 1.82) is 0 Å². The van der Waals surface area contributed by atoms with Crippen molar-refractivity contribution in [2.75, 3.05) is 5.32 Å². The molecule has 1 aromatic heterocycles. The summed E-state index contributed by atoms with van der Waals surface area (Å²) in [4.78, 5) is 3.58. The van der Waals surface area contributed by atoms with Gasteiger partial charge in [0.2, 0.25) is 0 Å². The Morgan fingerprint density at radius 3 is 2.59 bits per heavy atom. The fourth-order valence-electron chi connectivity index (χ4n) is 3.33. The quantitative estimate of drug-likeness (QED) is 0.595. The largest absolute Gasteiger partial charge is 0.377 e. The first-order chi connectivity index (χ1) is 10.7. The lowest BCUT2D eigenvalue weighted by molar-refractivity contribution is 0.593. The number of hydrogen-bond donors (Lipinski definition) is 2. The SMILES string of the molecule is Clc1ccc(NC2CCCc3c2[nH]c2ccc(Cl)cc32)cc1. The van der Waals surface area contributed by atoms with Gasteiger partial charge in [0.1, 0.15) is 0 Å². The summed E-state index contributed by atoms with van der Waals surface area (Å²) in [5.41, 5.74) is 4.95. The zero-order valence-electron chi connectivity index (χ0n) is 12.0. The molecule has 1 heterocycles. The lowest BCUT2D eigenvalue weighted by atomic mass is 9.91. The molecule has 1 aliphatic carbocycles. The van der Waals surface area contributed by atoms with Gasteiger partial charge in [-0.1, -0.05) is 23.2 Å². The van der Waals surface area contributed by atoms with Crippen LogP contribution in [-0.4, -0.2) is 4.98 Å². The molecule has 0 fully saturated rings. The van der Waals surface area contributed by atoms with Crippen LogP contribution in [0.15, 0.2) is 42.5 Å². The highest BCUT2D eigenvalue weighted by atomic mass is 35.5. The molecule has 0 aliphatic heterocycles. The van der Waals surface area contributed by atoms with E-state index in [2.05, 4.69) is 22.4 Å². The van der Waals surface area contributed by atoms with Crippen molar-refractivity contribution in [2.45, 2.75) is 25.3 Å². The molecule has 0 bridgehead atoms. The highest BCUT2D eigenvalue weighted by Gasteiger charge is 2.24. The minimum Gasteiger partial charge on any atom is -0.377 e. The molecule has 3 aromatic rings. The molecular weight excluding hydrogens is 315 g/mol. The Morgan fingerprint density at radius 1 is 1.00 bits per heavy atom. The van der Waals surface area contributed by atoms with Crippen molar-refractivity contribution >= 4 is 39.8 Å². The zero-order valence-corrected chi connectivity index (χ0v) is 13.5. The summed E-state index contributed by atoms with van der Waals surface area (Å²) in [6, 6.07) is 14.2. The van der Waals surface area contributed by atoms with Crippen molar-refractivity contribution in [3.8, 4) is 0 Å². The van der Waals surface area contributed by atoms with Gasteiger partial charge in [-0.2, -0.15) is 0 Å². The van der Waals surface area contributed by atoms with Crippen LogP contribution in [0.25, 0.3) is 10.9 Å². The van der Waals surface area contributed by atoms with Crippen molar-refractivity contribution in [3.05, 3.63) is 63.8 Å². The molecule has 112 valence electrons. The first-order valence-corrected chi connectivity index (χ1v) is 8.28. The Hall–Kier alpha value is -1.64. The summed E-state index contributed by atoms with van der Waals surface area (Å²) in [5, 5.41) is 6.42. The average molecular weight is 331 g/mol. The topological polar surface area (TPSA) is 27.8 Å². The third-order valence-electron chi connectivity index (χ3n) is 4.35. The number of hydrogen-bond acceptors (Lipinski definition) is 1. The molecule has 0 spiro atoms. The molecule has 1 atom stereocenters. The van der Waals surface area contributed by atoms with Crippen LogP contribution in [0.3, 0.4) is 0 Å². The van der Waals surface area contributed by atoms with E-state index in [0.717, 1.165) is 28.6 Å². The van der Waals surface area contributed by atoms with E-state index in [0.29, 0.717) is 6.04 Å². The standard InChI is InChI=1S/C18H16Cl2N2/c19-11-4-7-13(8-5-11)21-17-3-1-2-14-15-10-12(20)6-9-16(15)22-18(14)17/h4-10,17,21-22H,1-3H2. The summed E-state index contributed by atoms with van der Waals surface area (Å²) in [6.07, 6.45) is 3.41. The monoisotopic (exact) mass is 330 g/mol. The minimum atomic E-state index is 0.302. The lowest BCUT2D eigenvalue weighted by Crippen LogP contribution is -2.17. The Morgan fingerprint density at radius 2 is 1.77 bits per heavy atom. The molecule has 0 amide bonds. The number of nitrogens with one attached hydrogen (secondary N) is 2. The smallest absolute Gasteiger partial charge is 0.0666 e. The number of halogens is 2. The van der Waals surface area contributed by atoms with E-state index in [4.69, 9.17) is 23.2 Å². The van der Waals surface area contributed by atoms with Crippen molar-refractivity contribution < 1.29 is 0 Å². The van der Waals surface area contributed by atoms with Crippen molar-refractivity contribution in [2.24, 2.45) is 0 Å². The molecule has 0 saturated carbocycles. The van der Waals surface area contributed by atoms with E-state index >= 15 is 0 Å². The molecule has 0 radical (unpaired) electrons. The van der Waals surface area contributed by atoms with E-state index in [1.54, 1.807) is 0 Å². The fraction of sp³-hybridized carbons (Fsp3) is 0.222. The number of benzene rings is 2. The number of anilines is 1. The summed E-state index contributed by atoms with van der Waals surface area (Å²) >= 11 is 12.1. The molecule has 1 unspecified atom stereocenters. The molecule has 4 rings (SSSR count). The van der Waals surface area contributed by atoms with Crippen LogP contribution in [0.5, 0.6) is 0 Å². The van der Waals surface area contributed by atoms with Crippen LogP contribution in [-0.2, 0) is 6.42 Å². The Kier molecular flexibility index (Phi) is 3.51. The van der Waals surface area contributed by atoms with E-state index in [1.165, 1.54) is 28.6 Å². The number of aromatic amines is 1. The normalized spacial score (nSPS) is 17.5. The van der Waals surface area contributed by atoms with Crippen molar-refractivity contribution in [1.82, 2.24) is 4.98 Å². The van der Waals surface area contributed by atoms with E-state index in [-0.39, 0.29) is 0 Å². The number of aryl methyl sites for hydroxylation is 1. The average Bonchev–Trinajstić information content (AvgIpc) is 2.89. The summed E-state index contributed by atoms with van der Waals surface area (Å²) < 4.78 is 0. The van der Waals surface area contributed by atoms with Gasteiger partial charge in [-0.25, -0.2) is 0 Å². The second-order valence-electron chi connectivity index (χ2n) is 5.80. The van der Waals surface area contributed by atoms with Crippen LogP contribution in [0.4, 0.5) is 5.69 Å². The second kappa shape index (κ2) is 5.53. The van der Waals surface area contributed by atoms with Crippen molar-refractivity contribution in [3.63, 3.8) is 0 Å². The van der Waals surface area contributed by atoms with Gasteiger partial charge in [0.25, 0.3) is 0 Å². The highest BCUT2D eigenvalue weighted by molar-refractivity contribution is 6.31. The number of fused-ring (bicyclic) bond motifs is 3. The zero-order chi connectivity index (χ0) is 15.1. The maximum atomic E-state index is 6.16. The first-order valence-electron chi connectivity index (χ1n) is 7.53. The third-order valence-corrected chi connectivity index (χ3v) is 4.84. The van der Waals surface area contributed by atoms with Gasteiger partial charge in [-0.15, -0.1) is 0 Å². The molecule has 2 N–H and O–H groups in total. The van der Waals surface area contributed by atoms with Gasteiger partial charge in [0.15, 0.2) is 0 Å². The molecule has 2 aromatic carbocycles. The number of rotatable bonds is 2. The van der Waals surface area contributed by atoms with Gasteiger partial charge in [-0.3, -0.25) is 0 Å². The van der Waals surface area contributed by atoms with Gasteiger partial charge >= 0.3 is 0 Å². The molecule has 1 aliphatic rings. The molecule has 0 saturated heterocycles. The lowest BCUT2D eigenvalue weighted by Gasteiger charge is -2.24. The van der Waals surface area contributed by atoms with Gasteiger partial charge in [0, 0.05) is 32.3 Å². The molecule has 4 heteroatoms. The van der Waals surface area contributed by atoms with Crippen LogP contribution in [0, 0.1) is 0 Å². The third kappa shape index (κ3) is 2.47. The maximum Gasteiger partial charge on any atom is 0.0666 e. The van der Waals surface area contributed by atoms with E-state index < -0.39 is 0 Å². The van der Waals surface area contributed by atoms with Gasteiger partial charge < -0.3 is 10.3 Å². The fourth-order valence-corrected chi connectivity index (χ4v) is 3.62. The highest BCUT2D eigenvalue weighted by Crippen LogP contribution is 2.37. The predicted molar refractivity (Wildman–Crippen MR) is 94.1 cm³/mol. The number of aromatic nitrogens is 1. The Balaban J connectivity index is 1.72. The summed E-state index contributed by atoms with van der Waals surface area (Å²) in [7, 11) is 0. The second-order valence-corrected chi connectivity index (χ2v) is 6.68. The van der Waals surface area contributed by atoms with Crippen LogP contribution < -0.4 is 5.32 Å². The minimum absolute atomic E-state index is 0.302. The maximum absolute atomic E-state index is 6.16. The predicted octanol–water partition coefficient (Wildman–Crippen LogP) is 5.96. The van der Waals surface area contributed by atoms with Gasteiger partial charge in [0.05, 0.1) is 6.04 Å². The molecule has 2 nitrogen and oxygen atoms in total. The van der Waals surface area contributed by atoms with E-state index in [9.17, 15) is 0 Å². The van der Waals surface area contributed by atoms with Crippen LogP contribution in [0.1, 0.15) is 30.1 Å². The first kappa shape index (κ1) is 14.0. The molecule has 22 heavy (non-hydrogen) atoms. The molecular formula is C18H16Cl2N2. The Bertz CT molecular complexity index is 821. The van der Waals surface area contributed by atoms with E-state index in [1.807, 2.05) is 30.3 Å². The van der Waals surface area contributed by atoms with Crippen LogP contribution >= 0.6 is 23.2 Å². The number of H-pyrrole nitrogens is 1. The summed E-state index contributed by atoms with van der Waals surface area (Å²) in [6.45, 7) is 0. The summed E-state index contributed by atoms with van der Waals surface area (Å²) in [5.74, 6) is 0. The van der Waals surface area contributed by atoms with Gasteiger partial charge in [-0.05, 0) is 67.3 Å². The Labute approximate surface area is 139 Å².